The van der Waals surface area contributed by atoms with Gasteiger partial charge in [-0.05, 0) is 37.5 Å². The van der Waals surface area contributed by atoms with Gasteiger partial charge in [0.1, 0.15) is 4.99 Å². The van der Waals surface area contributed by atoms with Crippen LogP contribution < -0.4 is 16.4 Å². The second-order valence-electron chi connectivity index (χ2n) is 4.85. The number of alkyl halides is 3. The minimum Gasteiger partial charge on any atom is -0.389 e. The number of nitrogens with two attached hydrogens (primary N) is 1. The van der Waals surface area contributed by atoms with Crippen molar-refractivity contribution in [3.8, 4) is 0 Å². The standard InChI is InChI=1S/C13H14F3N3OS/c14-13(15,16)10-6-8(4-5-9(10)11(17)21)19-12(20)18-7-2-1-3-7/h4-7H,1-3H2,(H2,17,21)(H2,18,19,20). The van der Waals surface area contributed by atoms with E-state index in [1.807, 2.05) is 0 Å². The predicted molar refractivity (Wildman–Crippen MR) is 77.1 cm³/mol. The van der Waals surface area contributed by atoms with E-state index in [1.165, 1.54) is 6.07 Å². The molecule has 0 radical (unpaired) electrons. The quantitative estimate of drug-likeness (QED) is 0.751. The Morgan fingerprint density at radius 3 is 2.48 bits per heavy atom. The zero-order valence-corrected chi connectivity index (χ0v) is 11.8. The van der Waals surface area contributed by atoms with E-state index in [-0.39, 0.29) is 22.3 Å². The van der Waals surface area contributed by atoms with Crippen LogP contribution in [0.1, 0.15) is 30.4 Å². The number of rotatable bonds is 3. The van der Waals surface area contributed by atoms with Crippen molar-refractivity contribution in [2.24, 2.45) is 5.73 Å². The molecule has 21 heavy (non-hydrogen) atoms. The minimum atomic E-state index is -4.60. The lowest BCUT2D eigenvalue weighted by Crippen LogP contribution is -2.41. The molecule has 4 nitrogen and oxygen atoms in total. The van der Waals surface area contributed by atoms with Gasteiger partial charge in [0, 0.05) is 17.3 Å². The molecular formula is C13H14F3N3OS. The first-order chi connectivity index (χ1) is 9.77. The maximum absolute atomic E-state index is 13.0. The molecule has 0 saturated heterocycles. The lowest BCUT2D eigenvalue weighted by molar-refractivity contribution is -0.137. The summed E-state index contributed by atoms with van der Waals surface area (Å²) < 4.78 is 38.9. The van der Waals surface area contributed by atoms with Crippen LogP contribution in [0.4, 0.5) is 23.7 Å². The van der Waals surface area contributed by atoms with Gasteiger partial charge in [-0.15, -0.1) is 0 Å². The Hall–Kier alpha value is -1.83. The van der Waals surface area contributed by atoms with Gasteiger partial charge in [-0.3, -0.25) is 0 Å². The zero-order valence-electron chi connectivity index (χ0n) is 11.0. The van der Waals surface area contributed by atoms with E-state index in [0.717, 1.165) is 31.4 Å². The number of amides is 2. The molecule has 0 atom stereocenters. The lowest BCUT2D eigenvalue weighted by Gasteiger charge is -2.26. The van der Waals surface area contributed by atoms with Crippen molar-refractivity contribution >= 4 is 28.9 Å². The number of hydrogen-bond donors (Lipinski definition) is 3. The summed E-state index contributed by atoms with van der Waals surface area (Å²) in [5.74, 6) is 0. The number of carbonyl (C=O) groups excluding carboxylic acids is 1. The van der Waals surface area contributed by atoms with Crippen LogP contribution in [-0.2, 0) is 6.18 Å². The van der Waals surface area contributed by atoms with Gasteiger partial charge in [0.25, 0.3) is 0 Å². The van der Waals surface area contributed by atoms with Crippen molar-refractivity contribution in [2.45, 2.75) is 31.5 Å². The summed E-state index contributed by atoms with van der Waals surface area (Å²) in [6.07, 6.45) is -1.77. The Labute approximate surface area is 124 Å². The van der Waals surface area contributed by atoms with Crippen LogP contribution in [0.2, 0.25) is 0 Å². The van der Waals surface area contributed by atoms with Crippen LogP contribution >= 0.6 is 12.2 Å². The summed E-state index contributed by atoms with van der Waals surface area (Å²) in [5.41, 5.74) is 4.10. The Kier molecular flexibility index (Phi) is 4.36. The van der Waals surface area contributed by atoms with Crippen LogP contribution in [0.3, 0.4) is 0 Å². The number of anilines is 1. The minimum absolute atomic E-state index is 0.0409. The maximum Gasteiger partial charge on any atom is 0.417 e. The van der Waals surface area contributed by atoms with Gasteiger partial charge in [-0.1, -0.05) is 12.2 Å². The van der Waals surface area contributed by atoms with Gasteiger partial charge in [0.15, 0.2) is 0 Å². The van der Waals surface area contributed by atoms with Crippen LogP contribution in [0.15, 0.2) is 18.2 Å². The summed E-state index contributed by atoms with van der Waals surface area (Å²) >= 11 is 4.61. The molecule has 1 saturated carbocycles. The first-order valence-corrected chi connectivity index (χ1v) is 6.77. The Morgan fingerprint density at radius 1 is 1.33 bits per heavy atom. The third-order valence-electron chi connectivity index (χ3n) is 3.29. The molecular weight excluding hydrogens is 303 g/mol. The fourth-order valence-electron chi connectivity index (χ4n) is 1.98. The van der Waals surface area contributed by atoms with Gasteiger partial charge in [-0.25, -0.2) is 4.79 Å². The number of benzene rings is 1. The lowest BCUT2D eigenvalue weighted by atomic mass is 9.93. The topological polar surface area (TPSA) is 67.1 Å². The third kappa shape index (κ3) is 3.84. The summed E-state index contributed by atoms with van der Waals surface area (Å²) in [6, 6.07) is 2.90. The van der Waals surface area contributed by atoms with E-state index in [4.69, 9.17) is 5.73 Å². The molecule has 4 N–H and O–H groups in total. The van der Waals surface area contributed by atoms with E-state index in [0.29, 0.717) is 0 Å². The number of halogens is 3. The van der Waals surface area contributed by atoms with E-state index in [1.54, 1.807) is 0 Å². The van der Waals surface area contributed by atoms with Gasteiger partial charge in [-0.2, -0.15) is 13.2 Å². The molecule has 0 aliphatic heterocycles. The fourth-order valence-corrected chi connectivity index (χ4v) is 2.15. The van der Waals surface area contributed by atoms with Crippen molar-refractivity contribution < 1.29 is 18.0 Å². The van der Waals surface area contributed by atoms with Crippen LogP contribution in [0, 0.1) is 0 Å². The summed E-state index contributed by atoms with van der Waals surface area (Å²) in [5, 5.41) is 5.06. The van der Waals surface area contributed by atoms with E-state index in [2.05, 4.69) is 22.9 Å². The third-order valence-corrected chi connectivity index (χ3v) is 3.51. The first kappa shape index (κ1) is 15.6. The normalized spacial score (nSPS) is 15.2. The van der Waals surface area contributed by atoms with Crippen molar-refractivity contribution in [2.75, 3.05) is 5.32 Å². The largest absolute Gasteiger partial charge is 0.417 e. The number of nitrogens with one attached hydrogen (secondary N) is 2. The van der Waals surface area contributed by atoms with Crippen molar-refractivity contribution in [3.05, 3.63) is 29.3 Å². The molecule has 0 unspecified atom stereocenters. The molecule has 1 aliphatic rings. The molecule has 0 heterocycles. The van der Waals surface area contributed by atoms with Gasteiger partial charge in [0.2, 0.25) is 0 Å². The Morgan fingerprint density at radius 2 is 2.00 bits per heavy atom. The Bertz CT molecular complexity index is 570. The van der Waals surface area contributed by atoms with E-state index < -0.39 is 17.8 Å². The maximum atomic E-state index is 13.0. The van der Waals surface area contributed by atoms with Gasteiger partial charge in [0.05, 0.1) is 5.56 Å². The smallest absolute Gasteiger partial charge is 0.389 e. The molecule has 2 amide bonds. The van der Waals surface area contributed by atoms with Gasteiger partial charge >= 0.3 is 12.2 Å². The number of carbonyl (C=O) groups is 1. The monoisotopic (exact) mass is 317 g/mol. The van der Waals surface area contributed by atoms with Gasteiger partial charge < -0.3 is 16.4 Å². The zero-order chi connectivity index (χ0) is 15.6. The second kappa shape index (κ2) is 5.88. The molecule has 1 fully saturated rings. The average molecular weight is 317 g/mol. The highest BCUT2D eigenvalue weighted by Gasteiger charge is 2.34. The summed E-state index contributed by atoms with van der Waals surface area (Å²) in [7, 11) is 0. The number of urea groups is 1. The average Bonchev–Trinajstić information content (AvgIpc) is 2.32. The molecule has 1 aliphatic carbocycles. The summed E-state index contributed by atoms with van der Waals surface area (Å²) in [6.45, 7) is 0. The second-order valence-corrected chi connectivity index (χ2v) is 5.29. The molecule has 0 spiro atoms. The van der Waals surface area contributed by atoms with Crippen LogP contribution in [0.5, 0.6) is 0 Å². The molecule has 8 heteroatoms. The molecule has 0 bridgehead atoms. The van der Waals surface area contributed by atoms with E-state index >= 15 is 0 Å². The van der Waals surface area contributed by atoms with Crippen molar-refractivity contribution in [1.82, 2.24) is 5.32 Å². The number of hydrogen-bond acceptors (Lipinski definition) is 2. The van der Waals surface area contributed by atoms with Crippen LogP contribution in [-0.4, -0.2) is 17.1 Å². The molecule has 114 valence electrons. The highest BCUT2D eigenvalue weighted by atomic mass is 32.1. The molecule has 0 aromatic heterocycles. The predicted octanol–water partition coefficient (Wildman–Crippen LogP) is 3.01. The molecule has 1 aromatic rings. The van der Waals surface area contributed by atoms with Crippen molar-refractivity contribution in [1.29, 1.82) is 0 Å². The van der Waals surface area contributed by atoms with E-state index in [9.17, 15) is 18.0 Å². The molecule has 2 rings (SSSR count). The molecule has 1 aromatic carbocycles. The van der Waals surface area contributed by atoms with Crippen molar-refractivity contribution in [3.63, 3.8) is 0 Å². The highest BCUT2D eigenvalue weighted by molar-refractivity contribution is 7.80. The first-order valence-electron chi connectivity index (χ1n) is 6.36. The summed E-state index contributed by atoms with van der Waals surface area (Å²) in [4.78, 5) is 11.3. The Balaban J connectivity index is 2.17. The number of thiocarbonyl (C=S) groups is 1. The SMILES string of the molecule is NC(=S)c1ccc(NC(=O)NC2CCC2)cc1C(F)(F)F. The fraction of sp³-hybridized carbons (Fsp3) is 0.385. The highest BCUT2D eigenvalue weighted by Crippen LogP contribution is 2.33. The van der Waals surface area contributed by atoms with Crippen LogP contribution in [0.25, 0.3) is 0 Å².